The summed E-state index contributed by atoms with van der Waals surface area (Å²) < 4.78 is 4.85. The summed E-state index contributed by atoms with van der Waals surface area (Å²) in [7, 11) is 0. The largest absolute Gasteiger partial charge is 0.466 e. The van der Waals surface area contributed by atoms with E-state index in [0.29, 0.717) is 6.61 Å². The molecule has 64 valence electrons. The Morgan fingerprint density at radius 3 is 2.82 bits per heavy atom. The van der Waals surface area contributed by atoms with Crippen molar-refractivity contribution in [2.45, 2.75) is 20.3 Å². The number of hydrogen-bond donors (Lipinski definition) is 1. The molecule has 1 saturated carbocycles. The van der Waals surface area contributed by atoms with Crippen LogP contribution in [0.1, 0.15) is 20.3 Å². The molecule has 0 aromatic carbocycles. The van der Waals surface area contributed by atoms with E-state index >= 15 is 0 Å². The minimum atomic E-state index is -0.384. The van der Waals surface area contributed by atoms with Gasteiger partial charge in [0.2, 0.25) is 0 Å². The van der Waals surface area contributed by atoms with Gasteiger partial charge in [-0.2, -0.15) is 0 Å². The summed E-state index contributed by atoms with van der Waals surface area (Å²) in [6, 6.07) is 0. The fourth-order valence-corrected chi connectivity index (χ4v) is 1.26. The van der Waals surface area contributed by atoms with Gasteiger partial charge in [-0.15, -0.1) is 0 Å². The number of ether oxygens (including phenoxy) is 1. The lowest BCUT2D eigenvalue weighted by Crippen LogP contribution is -2.18. The van der Waals surface area contributed by atoms with Crippen molar-refractivity contribution >= 4 is 5.97 Å². The van der Waals surface area contributed by atoms with Crippen LogP contribution < -0.4 is 0 Å². The van der Waals surface area contributed by atoms with Gasteiger partial charge in [-0.3, -0.25) is 4.79 Å². The van der Waals surface area contributed by atoms with Crippen LogP contribution in [-0.2, 0) is 9.53 Å². The molecule has 0 amide bonds. The highest BCUT2D eigenvalue weighted by Crippen LogP contribution is 2.52. The third-order valence-electron chi connectivity index (χ3n) is 2.37. The third kappa shape index (κ3) is 1.38. The number of carbonyl (C=O) groups is 1. The van der Waals surface area contributed by atoms with Crippen LogP contribution in [0.15, 0.2) is 0 Å². The molecular formula is C8H14O3. The first-order valence-electron chi connectivity index (χ1n) is 3.93. The van der Waals surface area contributed by atoms with Crippen LogP contribution in [0.4, 0.5) is 0 Å². The molecule has 3 nitrogen and oxygen atoms in total. The molecule has 3 heteroatoms. The van der Waals surface area contributed by atoms with Crippen molar-refractivity contribution in [2.24, 2.45) is 11.3 Å². The van der Waals surface area contributed by atoms with Gasteiger partial charge in [0.25, 0.3) is 0 Å². The molecule has 1 fully saturated rings. The number of rotatable bonds is 3. The SMILES string of the molecule is CCOC(=O)[C@]1(C)C[C@H]1CO. The van der Waals surface area contributed by atoms with Crippen LogP contribution in [-0.4, -0.2) is 24.3 Å². The zero-order valence-electron chi connectivity index (χ0n) is 6.96. The van der Waals surface area contributed by atoms with Crippen LogP contribution >= 0.6 is 0 Å². The molecule has 11 heavy (non-hydrogen) atoms. The molecule has 1 aliphatic carbocycles. The Kier molecular flexibility index (Phi) is 2.18. The predicted molar refractivity (Wildman–Crippen MR) is 39.9 cm³/mol. The molecule has 0 spiro atoms. The van der Waals surface area contributed by atoms with Gasteiger partial charge in [-0.1, -0.05) is 0 Å². The lowest BCUT2D eigenvalue weighted by Gasteiger charge is -2.08. The van der Waals surface area contributed by atoms with Gasteiger partial charge >= 0.3 is 5.97 Å². The van der Waals surface area contributed by atoms with E-state index in [0.717, 1.165) is 6.42 Å². The summed E-state index contributed by atoms with van der Waals surface area (Å²) in [5.74, 6) is -0.0411. The molecule has 1 rings (SSSR count). The average Bonchev–Trinajstić information content (AvgIpc) is 2.64. The number of hydrogen-bond acceptors (Lipinski definition) is 3. The van der Waals surface area contributed by atoms with Crippen molar-refractivity contribution in [2.75, 3.05) is 13.2 Å². The van der Waals surface area contributed by atoms with Gasteiger partial charge < -0.3 is 9.84 Å². The van der Waals surface area contributed by atoms with Crippen LogP contribution in [0.2, 0.25) is 0 Å². The first-order valence-corrected chi connectivity index (χ1v) is 3.93. The zero-order chi connectivity index (χ0) is 8.48. The van der Waals surface area contributed by atoms with Crippen molar-refractivity contribution in [3.8, 4) is 0 Å². The Hall–Kier alpha value is -0.570. The molecule has 0 aromatic rings. The van der Waals surface area contributed by atoms with Crippen molar-refractivity contribution < 1.29 is 14.6 Å². The number of carbonyl (C=O) groups excluding carboxylic acids is 1. The van der Waals surface area contributed by atoms with E-state index in [9.17, 15) is 4.79 Å². The van der Waals surface area contributed by atoms with E-state index < -0.39 is 0 Å². The van der Waals surface area contributed by atoms with Crippen molar-refractivity contribution in [3.63, 3.8) is 0 Å². The van der Waals surface area contributed by atoms with Gasteiger partial charge in [0.15, 0.2) is 0 Å². The van der Waals surface area contributed by atoms with Gasteiger partial charge in [0.05, 0.1) is 12.0 Å². The molecule has 1 aliphatic rings. The van der Waals surface area contributed by atoms with Crippen molar-refractivity contribution in [3.05, 3.63) is 0 Å². The zero-order valence-corrected chi connectivity index (χ0v) is 6.96. The number of esters is 1. The van der Waals surface area contributed by atoms with Crippen LogP contribution in [0.3, 0.4) is 0 Å². The summed E-state index contributed by atoms with van der Waals surface area (Å²) in [4.78, 5) is 11.2. The van der Waals surface area contributed by atoms with Gasteiger partial charge in [0, 0.05) is 6.61 Å². The summed E-state index contributed by atoms with van der Waals surface area (Å²) in [5, 5.41) is 8.75. The van der Waals surface area contributed by atoms with E-state index in [4.69, 9.17) is 9.84 Å². The first kappa shape index (κ1) is 8.53. The Morgan fingerprint density at radius 1 is 1.82 bits per heavy atom. The van der Waals surface area contributed by atoms with Gasteiger partial charge in [-0.05, 0) is 26.2 Å². The van der Waals surface area contributed by atoms with E-state index in [1.807, 2.05) is 6.92 Å². The highest BCUT2D eigenvalue weighted by molar-refractivity contribution is 5.80. The van der Waals surface area contributed by atoms with E-state index in [-0.39, 0.29) is 23.9 Å². The molecule has 0 aromatic heterocycles. The normalized spacial score (nSPS) is 35.0. The molecule has 0 bridgehead atoms. The predicted octanol–water partition coefficient (Wildman–Crippen LogP) is 0.568. The molecule has 0 heterocycles. The average molecular weight is 158 g/mol. The number of aliphatic hydroxyl groups excluding tert-OH is 1. The minimum absolute atomic E-state index is 0.0926. The molecule has 2 atom stereocenters. The highest BCUT2D eigenvalue weighted by Gasteiger charge is 2.56. The lowest BCUT2D eigenvalue weighted by molar-refractivity contribution is -0.149. The van der Waals surface area contributed by atoms with E-state index in [1.54, 1.807) is 6.92 Å². The van der Waals surface area contributed by atoms with Crippen LogP contribution in [0.25, 0.3) is 0 Å². The summed E-state index contributed by atoms with van der Waals surface area (Å²) in [6.07, 6.45) is 0.766. The minimum Gasteiger partial charge on any atom is -0.466 e. The van der Waals surface area contributed by atoms with Crippen LogP contribution in [0.5, 0.6) is 0 Å². The molecule has 0 aliphatic heterocycles. The van der Waals surface area contributed by atoms with Crippen LogP contribution in [0, 0.1) is 11.3 Å². The first-order chi connectivity index (χ1) is 5.15. The maximum atomic E-state index is 11.2. The maximum Gasteiger partial charge on any atom is 0.312 e. The second-order valence-electron chi connectivity index (χ2n) is 3.22. The fraction of sp³-hybridized carbons (Fsp3) is 0.875. The maximum absolute atomic E-state index is 11.2. The third-order valence-corrected chi connectivity index (χ3v) is 2.37. The molecular weight excluding hydrogens is 144 g/mol. The molecule has 0 radical (unpaired) electrons. The highest BCUT2D eigenvalue weighted by atomic mass is 16.5. The topological polar surface area (TPSA) is 46.5 Å². The second kappa shape index (κ2) is 2.81. The Bertz CT molecular complexity index is 167. The fourth-order valence-electron chi connectivity index (χ4n) is 1.26. The van der Waals surface area contributed by atoms with Gasteiger partial charge in [-0.25, -0.2) is 0 Å². The second-order valence-corrected chi connectivity index (χ2v) is 3.22. The quantitative estimate of drug-likeness (QED) is 0.611. The smallest absolute Gasteiger partial charge is 0.312 e. The monoisotopic (exact) mass is 158 g/mol. The Labute approximate surface area is 66.4 Å². The van der Waals surface area contributed by atoms with E-state index in [1.165, 1.54) is 0 Å². The summed E-state index contributed by atoms with van der Waals surface area (Å²) in [6.45, 7) is 4.14. The molecule has 1 N–H and O–H groups in total. The van der Waals surface area contributed by atoms with Crippen molar-refractivity contribution in [1.29, 1.82) is 0 Å². The van der Waals surface area contributed by atoms with Gasteiger partial charge in [0.1, 0.15) is 0 Å². The standard InChI is InChI=1S/C8H14O3/c1-3-11-7(10)8(2)4-6(8)5-9/h6,9H,3-5H2,1-2H3/t6-,8+/m0/s1. The van der Waals surface area contributed by atoms with Crippen molar-refractivity contribution in [1.82, 2.24) is 0 Å². The Balaban J connectivity index is 2.42. The Morgan fingerprint density at radius 2 is 2.45 bits per heavy atom. The van der Waals surface area contributed by atoms with E-state index in [2.05, 4.69) is 0 Å². The lowest BCUT2D eigenvalue weighted by atomic mass is 10.1. The molecule has 0 saturated heterocycles. The summed E-state index contributed by atoms with van der Waals surface area (Å²) in [5.41, 5.74) is -0.384. The number of aliphatic hydroxyl groups is 1. The molecule has 0 unspecified atom stereocenters. The summed E-state index contributed by atoms with van der Waals surface area (Å²) >= 11 is 0.